The second-order valence-corrected chi connectivity index (χ2v) is 5.39. The van der Waals surface area contributed by atoms with Crippen LogP contribution in [0.5, 0.6) is 0 Å². The fourth-order valence-electron chi connectivity index (χ4n) is 2.23. The normalized spacial score (nSPS) is 19.2. The number of methoxy groups -OCH3 is 1. The maximum Gasteiger partial charge on any atom is 0.205 e. The summed E-state index contributed by atoms with van der Waals surface area (Å²) in [6, 6.07) is 10.0. The van der Waals surface area contributed by atoms with Gasteiger partial charge >= 0.3 is 0 Å². The molecule has 0 bridgehead atoms. The van der Waals surface area contributed by atoms with Crippen LogP contribution in [0, 0.1) is 0 Å². The van der Waals surface area contributed by atoms with Gasteiger partial charge in [-0.3, -0.25) is 0 Å². The van der Waals surface area contributed by atoms with E-state index in [9.17, 15) is 0 Å². The molecule has 0 N–H and O–H groups in total. The number of anilines is 1. The lowest BCUT2D eigenvalue weighted by Crippen LogP contribution is -2.44. The highest BCUT2D eigenvalue weighted by Gasteiger charge is 2.23. The highest BCUT2D eigenvalue weighted by atomic mass is 32.1. The molecule has 106 valence electrons. The van der Waals surface area contributed by atoms with Crippen molar-refractivity contribution in [1.29, 1.82) is 0 Å². The van der Waals surface area contributed by atoms with Crippen molar-refractivity contribution >= 4 is 16.7 Å². The van der Waals surface area contributed by atoms with E-state index in [-0.39, 0.29) is 6.10 Å². The van der Waals surface area contributed by atoms with E-state index in [4.69, 9.17) is 9.47 Å². The number of aromatic nitrogens is 2. The quantitative estimate of drug-likeness (QED) is 0.863. The molecule has 1 aliphatic rings. The Bertz CT molecular complexity index is 544. The number of ether oxygens (including phenoxy) is 2. The SMILES string of the molecule is COCC1CN(c2nc(-c3ccccc3)ns2)CCO1. The molecule has 2 aromatic rings. The predicted octanol–water partition coefficient (Wildman–Crippen LogP) is 2.06. The fourth-order valence-corrected chi connectivity index (χ4v) is 2.95. The number of hydrogen-bond donors (Lipinski definition) is 0. The van der Waals surface area contributed by atoms with Crippen LogP contribution in [0.2, 0.25) is 0 Å². The van der Waals surface area contributed by atoms with Crippen molar-refractivity contribution in [3.8, 4) is 11.4 Å². The Hall–Kier alpha value is -1.50. The minimum Gasteiger partial charge on any atom is -0.382 e. The molecule has 0 spiro atoms. The molecule has 2 heterocycles. The van der Waals surface area contributed by atoms with Crippen molar-refractivity contribution in [3.63, 3.8) is 0 Å². The smallest absolute Gasteiger partial charge is 0.205 e. The zero-order valence-corrected chi connectivity index (χ0v) is 12.2. The Morgan fingerprint density at radius 2 is 2.25 bits per heavy atom. The zero-order chi connectivity index (χ0) is 13.8. The van der Waals surface area contributed by atoms with E-state index in [1.165, 1.54) is 11.5 Å². The van der Waals surface area contributed by atoms with Crippen molar-refractivity contribution in [3.05, 3.63) is 30.3 Å². The Balaban J connectivity index is 1.73. The maximum absolute atomic E-state index is 5.65. The van der Waals surface area contributed by atoms with E-state index in [0.717, 1.165) is 29.6 Å². The molecule has 1 saturated heterocycles. The first kappa shape index (κ1) is 13.5. The van der Waals surface area contributed by atoms with Crippen LogP contribution < -0.4 is 4.90 Å². The van der Waals surface area contributed by atoms with Crippen LogP contribution in [0.1, 0.15) is 0 Å². The van der Waals surface area contributed by atoms with E-state index in [1.807, 2.05) is 30.3 Å². The van der Waals surface area contributed by atoms with E-state index in [0.29, 0.717) is 13.2 Å². The summed E-state index contributed by atoms with van der Waals surface area (Å²) in [6.07, 6.45) is 0.109. The van der Waals surface area contributed by atoms with Gasteiger partial charge in [0.15, 0.2) is 5.82 Å². The minimum absolute atomic E-state index is 0.109. The highest BCUT2D eigenvalue weighted by molar-refractivity contribution is 7.09. The van der Waals surface area contributed by atoms with Crippen molar-refractivity contribution in [2.24, 2.45) is 0 Å². The van der Waals surface area contributed by atoms with E-state index in [1.54, 1.807) is 7.11 Å². The maximum atomic E-state index is 5.65. The average molecular weight is 291 g/mol. The number of nitrogens with zero attached hydrogens (tertiary/aromatic N) is 3. The summed E-state index contributed by atoms with van der Waals surface area (Å²) < 4.78 is 15.3. The van der Waals surface area contributed by atoms with Gasteiger partial charge in [-0.15, -0.1) is 0 Å². The van der Waals surface area contributed by atoms with E-state index >= 15 is 0 Å². The second kappa shape index (κ2) is 6.30. The van der Waals surface area contributed by atoms with Crippen molar-refractivity contribution in [2.75, 3.05) is 38.3 Å². The molecule has 1 aromatic carbocycles. The van der Waals surface area contributed by atoms with Gasteiger partial charge in [0.1, 0.15) is 0 Å². The first-order valence-electron chi connectivity index (χ1n) is 6.61. The number of benzene rings is 1. The summed E-state index contributed by atoms with van der Waals surface area (Å²) >= 11 is 1.44. The number of rotatable bonds is 4. The molecule has 0 saturated carbocycles. The monoisotopic (exact) mass is 291 g/mol. The molecule has 6 heteroatoms. The van der Waals surface area contributed by atoms with Gasteiger partial charge in [0, 0.05) is 37.3 Å². The van der Waals surface area contributed by atoms with Crippen LogP contribution in [0.3, 0.4) is 0 Å². The summed E-state index contributed by atoms with van der Waals surface area (Å²) in [5.74, 6) is 0.792. The molecule has 0 amide bonds. The number of hydrogen-bond acceptors (Lipinski definition) is 6. The van der Waals surface area contributed by atoms with Gasteiger partial charge in [-0.25, -0.2) is 0 Å². The van der Waals surface area contributed by atoms with Gasteiger partial charge in [0.05, 0.1) is 19.3 Å². The molecular weight excluding hydrogens is 274 g/mol. The highest BCUT2D eigenvalue weighted by Crippen LogP contribution is 2.25. The Morgan fingerprint density at radius 1 is 1.40 bits per heavy atom. The molecule has 1 unspecified atom stereocenters. The first-order chi connectivity index (χ1) is 9.86. The van der Waals surface area contributed by atoms with Crippen molar-refractivity contribution < 1.29 is 9.47 Å². The molecule has 1 aliphatic heterocycles. The first-order valence-corrected chi connectivity index (χ1v) is 7.39. The molecule has 0 radical (unpaired) electrons. The van der Waals surface area contributed by atoms with Gasteiger partial charge in [-0.2, -0.15) is 9.36 Å². The van der Waals surface area contributed by atoms with Gasteiger partial charge in [0.2, 0.25) is 5.13 Å². The largest absolute Gasteiger partial charge is 0.382 e. The summed E-state index contributed by atoms with van der Waals surface area (Å²) in [5, 5.41) is 0.952. The minimum atomic E-state index is 0.109. The molecule has 5 nitrogen and oxygen atoms in total. The summed E-state index contributed by atoms with van der Waals surface area (Å²) in [5.41, 5.74) is 1.05. The molecule has 0 aliphatic carbocycles. The molecule has 1 fully saturated rings. The average Bonchev–Trinajstić information content (AvgIpc) is 2.99. The van der Waals surface area contributed by atoms with Gasteiger partial charge in [-0.1, -0.05) is 30.3 Å². The summed E-state index contributed by atoms with van der Waals surface area (Å²) in [4.78, 5) is 6.86. The lowest BCUT2D eigenvalue weighted by Gasteiger charge is -2.31. The Labute approximate surface area is 122 Å². The Morgan fingerprint density at radius 3 is 3.05 bits per heavy atom. The lowest BCUT2D eigenvalue weighted by molar-refractivity contribution is -0.0100. The van der Waals surface area contributed by atoms with E-state index in [2.05, 4.69) is 14.3 Å². The lowest BCUT2D eigenvalue weighted by atomic mass is 10.2. The third-order valence-corrected chi connectivity index (χ3v) is 3.99. The van der Waals surface area contributed by atoms with Crippen LogP contribution in [-0.4, -0.2) is 48.9 Å². The van der Waals surface area contributed by atoms with Crippen LogP contribution in [-0.2, 0) is 9.47 Å². The van der Waals surface area contributed by atoms with Crippen LogP contribution >= 0.6 is 11.5 Å². The topological polar surface area (TPSA) is 47.5 Å². The molecule has 3 rings (SSSR count). The van der Waals surface area contributed by atoms with Gasteiger partial charge in [-0.05, 0) is 0 Å². The van der Waals surface area contributed by atoms with Gasteiger partial charge in [0.25, 0.3) is 0 Å². The van der Waals surface area contributed by atoms with Crippen LogP contribution in [0.25, 0.3) is 11.4 Å². The van der Waals surface area contributed by atoms with Crippen LogP contribution in [0.4, 0.5) is 5.13 Å². The zero-order valence-electron chi connectivity index (χ0n) is 11.4. The fraction of sp³-hybridized carbons (Fsp3) is 0.429. The molecular formula is C14H17N3O2S. The predicted molar refractivity (Wildman–Crippen MR) is 79.2 cm³/mol. The summed E-state index contributed by atoms with van der Waals surface area (Å²) in [6.45, 7) is 2.97. The van der Waals surface area contributed by atoms with Crippen molar-refractivity contribution in [2.45, 2.75) is 6.10 Å². The molecule has 20 heavy (non-hydrogen) atoms. The van der Waals surface area contributed by atoms with E-state index < -0.39 is 0 Å². The van der Waals surface area contributed by atoms with Gasteiger partial charge < -0.3 is 14.4 Å². The third-order valence-electron chi connectivity index (χ3n) is 3.21. The standard InChI is InChI=1S/C14H17N3O2S/c1-18-10-12-9-17(7-8-19-12)14-15-13(16-20-14)11-5-3-2-4-6-11/h2-6,12H,7-10H2,1H3. The van der Waals surface area contributed by atoms with Crippen LogP contribution in [0.15, 0.2) is 30.3 Å². The second-order valence-electron chi connectivity index (χ2n) is 4.66. The Kier molecular flexibility index (Phi) is 4.25. The summed E-state index contributed by atoms with van der Waals surface area (Å²) in [7, 11) is 1.70. The third kappa shape index (κ3) is 2.98. The molecule has 1 aromatic heterocycles. The molecule has 1 atom stereocenters. The van der Waals surface area contributed by atoms with Crippen molar-refractivity contribution in [1.82, 2.24) is 9.36 Å². The number of morpholine rings is 1.